The highest BCUT2D eigenvalue weighted by Crippen LogP contribution is 2.26. The number of halogens is 2. The Kier molecular flexibility index (Phi) is 6.13. The van der Waals surface area contributed by atoms with Gasteiger partial charge in [-0.1, -0.05) is 29.3 Å². The number of aryl methyl sites for hydroxylation is 1. The van der Waals surface area contributed by atoms with Crippen molar-refractivity contribution in [1.82, 2.24) is 0 Å². The first-order chi connectivity index (χ1) is 11.6. The Labute approximate surface area is 161 Å². The Hall–Kier alpha value is -1.57. The average Bonchev–Trinajstić information content (AvgIpc) is 2.51. The van der Waals surface area contributed by atoms with E-state index in [0.29, 0.717) is 20.9 Å². The number of carbonyl (C=O) groups is 1. The lowest BCUT2D eigenvalue weighted by Gasteiger charge is -2.28. The monoisotopic (exact) mass is 444 g/mol. The largest absolute Gasteiger partial charge is 0.324 e. The molecule has 134 valence electrons. The third-order valence-electron chi connectivity index (χ3n) is 3.56. The summed E-state index contributed by atoms with van der Waals surface area (Å²) in [6.45, 7) is 3.44. The number of nitrogens with one attached hydrogen (secondary N) is 1. The second-order valence-electron chi connectivity index (χ2n) is 5.69. The van der Waals surface area contributed by atoms with Gasteiger partial charge in [0.25, 0.3) is 0 Å². The van der Waals surface area contributed by atoms with Crippen molar-refractivity contribution in [3.8, 4) is 0 Å². The first-order valence-corrected chi connectivity index (χ1v) is 10.4. The number of rotatable bonds is 5. The molecule has 0 heterocycles. The molecule has 0 bridgehead atoms. The van der Waals surface area contributed by atoms with Crippen molar-refractivity contribution < 1.29 is 13.2 Å². The van der Waals surface area contributed by atoms with Crippen molar-refractivity contribution in [3.05, 3.63) is 57.5 Å². The van der Waals surface area contributed by atoms with Crippen LogP contribution in [-0.2, 0) is 14.8 Å². The molecule has 0 aliphatic heterocycles. The molecule has 0 aromatic heterocycles. The molecule has 2 aromatic rings. The Bertz CT molecular complexity index is 885. The highest BCUT2D eigenvalue weighted by Gasteiger charge is 2.29. The Morgan fingerprint density at radius 2 is 1.80 bits per heavy atom. The van der Waals surface area contributed by atoms with Gasteiger partial charge in [0, 0.05) is 10.2 Å². The Morgan fingerprint density at radius 3 is 2.32 bits per heavy atom. The SMILES string of the molecule is Cc1ccc(N([C@@H](C)C(=O)Nc2ccc(Br)c(Cl)c2)S(C)(=O)=O)cc1. The zero-order chi connectivity index (χ0) is 18.8. The first kappa shape index (κ1) is 19.8. The smallest absolute Gasteiger partial charge is 0.247 e. The molecule has 0 fully saturated rings. The number of benzene rings is 2. The van der Waals surface area contributed by atoms with Crippen molar-refractivity contribution in [2.24, 2.45) is 0 Å². The molecular formula is C17H18BrClN2O3S. The van der Waals surface area contributed by atoms with Crippen LogP contribution in [0.3, 0.4) is 0 Å². The molecule has 1 atom stereocenters. The standard InChI is InChI=1S/C17H18BrClN2O3S/c1-11-4-7-14(8-5-11)21(25(3,23)24)12(2)17(22)20-13-6-9-15(18)16(19)10-13/h4-10,12H,1-3H3,(H,20,22)/t12-/m0/s1. The summed E-state index contributed by atoms with van der Waals surface area (Å²) in [5, 5.41) is 3.14. The third-order valence-corrected chi connectivity index (χ3v) is 6.04. The maximum absolute atomic E-state index is 12.6. The van der Waals surface area contributed by atoms with Gasteiger partial charge in [0.15, 0.2) is 0 Å². The fraction of sp³-hybridized carbons (Fsp3) is 0.235. The second kappa shape index (κ2) is 7.76. The molecule has 2 aromatic carbocycles. The molecule has 0 saturated heterocycles. The summed E-state index contributed by atoms with van der Waals surface area (Å²) in [5.74, 6) is -0.454. The summed E-state index contributed by atoms with van der Waals surface area (Å²) in [7, 11) is -3.64. The van der Waals surface area contributed by atoms with Crippen LogP contribution in [0, 0.1) is 6.92 Å². The highest BCUT2D eigenvalue weighted by atomic mass is 79.9. The van der Waals surface area contributed by atoms with E-state index in [0.717, 1.165) is 16.1 Å². The summed E-state index contributed by atoms with van der Waals surface area (Å²) in [6, 6.07) is 11.0. The Balaban J connectivity index is 2.29. The van der Waals surface area contributed by atoms with E-state index >= 15 is 0 Å². The van der Waals surface area contributed by atoms with Crippen molar-refractivity contribution in [2.75, 3.05) is 15.9 Å². The van der Waals surface area contributed by atoms with Gasteiger partial charge in [-0.05, 0) is 60.1 Å². The quantitative estimate of drug-likeness (QED) is 0.750. The predicted octanol–water partition coefficient (Wildman–Crippen LogP) is 4.20. The number of sulfonamides is 1. The van der Waals surface area contributed by atoms with Crippen LogP contribution >= 0.6 is 27.5 Å². The molecule has 0 radical (unpaired) electrons. The molecule has 0 aliphatic rings. The van der Waals surface area contributed by atoms with Gasteiger partial charge in [-0.25, -0.2) is 8.42 Å². The average molecular weight is 446 g/mol. The number of anilines is 2. The molecule has 1 amide bonds. The molecule has 25 heavy (non-hydrogen) atoms. The summed E-state index contributed by atoms with van der Waals surface area (Å²) in [4.78, 5) is 12.6. The minimum atomic E-state index is -3.64. The van der Waals surface area contributed by atoms with Crippen LogP contribution in [-0.4, -0.2) is 26.6 Å². The van der Waals surface area contributed by atoms with Crippen molar-refractivity contribution in [3.63, 3.8) is 0 Å². The number of amides is 1. The molecule has 0 aliphatic carbocycles. The first-order valence-electron chi connectivity index (χ1n) is 7.41. The predicted molar refractivity (Wildman–Crippen MR) is 106 cm³/mol. The molecule has 5 nitrogen and oxygen atoms in total. The van der Waals surface area contributed by atoms with Crippen molar-refractivity contribution >= 4 is 54.8 Å². The maximum Gasteiger partial charge on any atom is 0.247 e. The van der Waals surface area contributed by atoms with Gasteiger partial charge in [0.2, 0.25) is 15.9 Å². The van der Waals surface area contributed by atoms with Gasteiger partial charge < -0.3 is 5.32 Å². The molecule has 8 heteroatoms. The summed E-state index contributed by atoms with van der Waals surface area (Å²) in [6.07, 6.45) is 1.08. The molecule has 1 N–H and O–H groups in total. The number of hydrogen-bond acceptors (Lipinski definition) is 3. The number of nitrogens with zero attached hydrogens (tertiary/aromatic N) is 1. The lowest BCUT2D eigenvalue weighted by molar-refractivity contribution is -0.116. The van der Waals surface area contributed by atoms with E-state index in [1.807, 2.05) is 6.92 Å². The Morgan fingerprint density at radius 1 is 1.20 bits per heavy atom. The second-order valence-corrected chi connectivity index (χ2v) is 8.81. The topological polar surface area (TPSA) is 66.5 Å². The lowest BCUT2D eigenvalue weighted by atomic mass is 10.2. The maximum atomic E-state index is 12.6. The van der Waals surface area contributed by atoms with Gasteiger partial charge in [-0.15, -0.1) is 0 Å². The van der Waals surface area contributed by atoms with Crippen molar-refractivity contribution in [1.29, 1.82) is 0 Å². The van der Waals surface area contributed by atoms with Crippen LogP contribution in [0.25, 0.3) is 0 Å². The van der Waals surface area contributed by atoms with E-state index in [1.54, 1.807) is 42.5 Å². The van der Waals surface area contributed by atoms with E-state index in [9.17, 15) is 13.2 Å². The number of carbonyl (C=O) groups excluding carboxylic acids is 1. The van der Waals surface area contributed by atoms with Crippen LogP contribution < -0.4 is 9.62 Å². The molecular weight excluding hydrogens is 428 g/mol. The van der Waals surface area contributed by atoms with Crippen LogP contribution in [0.5, 0.6) is 0 Å². The summed E-state index contributed by atoms with van der Waals surface area (Å²) >= 11 is 9.30. The van der Waals surface area contributed by atoms with E-state index < -0.39 is 22.0 Å². The van der Waals surface area contributed by atoms with Gasteiger partial charge in [0.1, 0.15) is 6.04 Å². The zero-order valence-corrected chi connectivity index (χ0v) is 17.1. The van der Waals surface area contributed by atoms with Crippen LogP contribution in [0.4, 0.5) is 11.4 Å². The normalized spacial score (nSPS) is 12.5. The van der Waals surface area contributed by atoms with E-state index in [2.05, 4.69) is 21.2 Å². The summed E-state index contributed by atoms with van der Waals surface area (Å²) in [5.41, 5.74) is 1.92. The van der Waals surface area contributed by atoms with Crippen LogP contribution in [0.15, 0.2) is 46.9 Å². The number of hydrogen-bond donors (Lipinski definition) is 1. The van der Waals surface area contributed by atoms with Crippen LogP contribution in [0.2, 0.25) is 5.02 Å². The molecule has 0 unspecified atom stereocenters. The lowest BCUT2D eigenvalue weighted by Crippen LogP contribution is -2.45. The molecule has 0 saturated carbocycles. The van der Waals surface area contributed by atoms with Gasteiger partial charge in [-0.2, -0.15) is 0 Å². The van der Waals surface area contributed by atoms with Crippen molar-refractivity contribution in [2.45, 2.75) is 19.9 Å². The van der Waals surface area contributed by atoms with E-state index in [-0.39, 0.29) is 0 Å². The fourth-order valence-electron chi connectivity index (χ4n) is 2.32. The molecule has 0 spiro atoms. The minimum absolute atomic E-state index is 0.435. The highest BCUT2D eigenvalue weighted by molar-refractivity contribution is 9.10. The van der Waals surface area contributed by atoms with Gasteiger partial charge >= 0.3 is 0 Å². The van der Waals surface area contributed by atoms with E-state index in [4.69, 9.17) is 11.6 Å². The molecule has 2 rings (SSSR count). The van der Waals surface area contributed by atoms with Crippen LogP contribution in [0.1, 0.15) is 12.5 Å². The fourth-order valence-corrected chi connectivity index (χ4v) is 3.92. The van der Waals surface area contributed by atoms with Gasteiger partial charge in [0.05, 0.1) is 17.0 Å². The summed E-state index contributed by atoms with van der Waals surface area (Å²) < 4.78 is 26.3. The van der Waals surface area contributed by atoms with Gasteiger partial charge in [-0.3, -0.25) is 9.10 Å². The third kappa shape index (κ3) is 4.96. The zero-order valence-electron chi connectivity index (χ0n) is 14.0. The minimum Gasteiger partial charge on any atom is -0.324 e. The van der Waals surface area contributed by atoms with E-state index in [1.165, 1.54) is 6.92 Å².